The fourth-order valence-electron chi connectivity index (χ4n) is 1.12. The minimum Gasteiger partial charge on any atom is -0.444 e. The Morgan fingerprint density at radius 2 is 2.06 bits per heavy atom. The van der Waals surface area contributed by atoms with Crippen molar-refractivity contribution in [1.82, 2.24) is 0 Å². The highest BCUT2D eigenvalue weighted by Crippen LogP contribution is 2.30. The number of carbonyl (C=O) groups is 1. The van der Waals surface area contributed by atoms with Gasteiger partial charge in [-0.15, -0.1) is 4.91 Å². The molecule has 18 heavy (non-hydrogen) atoms. The lowest BCUT2D eigenvalue weighted by atomic mass is 10.2. The molecule has 0 unspecified atom stereocenters. The van der Waals surface area contributed by atoms with Crippen molar-refractivity contribution in [3.8, 4) is 0 Å². The highest BCUT2D eigenvalue weighted by molar-refractivity contribution is 9.10. The van der Waals surface area contributed by atoms with Crippen molar-refractivity contribution >= 4 is 33.4 Å². The summed E-state index contributed by atoms with van der Waals surface area (Å²) in [7, 11) is 0. The molecule has 0 atom stereocenters. The maximum atomic E-state index is 13.3. The van der Waals surface area contributed by atoms with E-state index in [4.69, 9.17) is 4.74 Å². The van der Waals surface area contributed by atoms with Crippen LogP contribution in [0.25, 0.3) is 0 Å². The van der Waals surface area contributed by atoms with Gasteiger partial charge < -0.3 is 4.74 Å². The summed E-state index contributed by atoms with van der Waals surface area (Å²) in [6.45, 7) is 5.13. The highest BCUT2D eigenvalue weighted by Gasteiger charge is 2.18. The summed E-state index contributed by atoms with van der Waals surface area (Å²) in [4.78, 5) is 21.8. The first-order chi connectivity index (χ1) is 8.23. The van der Waals surface area contributed by atoms with E-state index in [9.17, 15) is 14.1 Å². The van der Waals surface area contributed by atoms with Crippen LogP contribution in [-0.4, -0.2) is 11.7 Å². The number of hydrogen-bond acceptors (Lipinski definition) is 4. The van der Waals surface area contributed by atoms with Gasteiger partial charge in [-0.1, -0.05) is 0 Å². The van der Waals surface area contributed by atoms with Crippen molar-refractivity contribution in [1.29, 1.82) is 0 Å². The zero-order valence-electron chi connectivity index (χ0n) is 10.1. The smallest absolute Gasteiger partial charge is 0.412 e. The molecule has 1 rings (SSSR count). The zero-order chi connectivity index (χ0) is 13.9. The third-order valence-electron chi connectivity index (χ3n) is 1.77. The molecule has 0 heterocycles. The second kappa shape index (κ2) is 5.43. The van der Waals surface area contributed by atoms with E-state index >= 15 is 0 Å². The Bertz CT molecular complexity index is 486. The van der Waals surface area contributed by atoms with Crippen LogP contribution in [0, 0.1) is 10.7 Å². The van der Waals surface area contributed by atoms with Crippen molar-refractivity contribution in [2.24, 2.45) is 5.18 Å². The molecule has 0 saturated heterocycles. The van der Waals surface area contributed by atoms with Crippen LogP contribution in [-0.2, 0) is 4.74 Å². The molecule has 0 aliphatic rings. The molecule has 1 aromatic carbocycles. The quantitative estimate of drug-likeness (QED) is 0.825. The van der Waals surface area contributed by atoms with Crippen LogP contribution in [0.3, 0.4) is 0 Å². The van der Waals surface area contributed by atoms with Gasteiger partial charge in [0, 0.05) is 10.5 Å². The number of hydrogen-bond donors (Lipinski definition) is 1. The molecule has 0 spiro atoms. The Morgan fingerprint density at radius 1 is 1.44 bits per heavy atom. The van der Waals surface area contributed by atoms with Gasteiger partial charge in [0.2, 0.25) is 0 Å². The standard InChI is InChI=1S/C11H12BrFN2O3/c1-11(2,3)18-10(16)14-8-5-7(13)9(15-17)4-6(8)12/h4-5H,1-3H3,(H,14,16). The predicted molar refractivity (Wildman–Crippen MR) is 69.4 cm³/mol. The van der Waals surface area contributed by atoms with Crippen molar-refractivity contribution in [2.45, 2.75) is 26.4 Å². The molecule has 0 saturated carbocycles. The molecule has 5 nitrogen and oxygen atoms in total. The second-order valence-electron chi connectivity index (χ2n) is 4.50. The molecular formula is C11H12BrFN2O3. The van der Waals surface area contributed by atoms with Crippen LogP contribution in [0.4, 0.5) is 20.6 Å². The van der Waals surface area contributed by atoms with Gasteiger partial charge in [0.25, 0.3) is 0 Å². The van der Waals surface area contributed by atoms with Gasteiger partial charge in [0.1, 0.15) is 11.3 Å². The summed E-state index contributed by atoms with van der Waals surface area (Å²) in [5.41, 5.74) is -0.829. The van der Waals surface area contributed by atoms with E-state index in [2.05, 4.69) is 26.4 Å². The molecule has 1 N–H and O–H groups in total. The molecule has 0 aliphatic carbocycles. The topological polar surface area (TPSA) is 67.8 Å². The summed E-state index contributed by atoms with van der Waals surface area (Å²) in [6, 6.07) is 2.17. The van der Waals surface area contributed by atoms with E-state index in [1.807, 2.05) is 0 Å². The molecule has 0 aliphatic heterocycles. The Balaban J connectivity index is 2.89. The number of benzene rings is 1. The fraction of sp³-hybridized carbons (Fsp3) is 0.364. The molecule has 0 radical (unpaired) electrons. The monoisotopic (exact) mass is 318 g/mol. The van der Waals surface area contributed by atoms with Crippen LogP contribution < -0.4 is 5.32 Å². The van der Waals surface area contributed by atoms with Gasteiger partial charge in [-0.25, -0.2) is 9.18 Å². The SMILES string of the molecule is CC(C)(C)OC(=O)Nc1cc(F)c(N=O)cc1Br. The normalized spacial score (nSPS) is 10.9. The first kappa shape index (κ1) is 14.6. The average Bonchev–Trinajstić information content (AvgIpc) is 2.20. The van der Waals surface area contributed by atoms with Crippen LogP contribution in [0.5, 0.6) is 0 Å². The van der Waals surface area contributed by atoms with E-state index < -0.39 is 17.5 Å². The van der Waals surface area contributed by atoms with Gasteiger partial charge >= 0.3 is 6.09 Å². The summed E-state index contributed by atoms with van der Waals surface area (Å²) in [6.07, 6.45) is -0.714. The highest BCUT2D eigenvalue weighted by atomic mass is 79.9. The number of nitroso groups, excluding NO2 is 1. The Hall–Kier alpha value is -1.50. The van der Waals surface area contributed by atoms with Crippen molar-refractivity contribution in [3.05, 3.63) is 27.3 Å². The lowest BCUT2D eigenvalue weighted by molar-refractivity contribution is 0.0636. The van der Waals surface area contributed by atoms with E-state index in [1.54, 1.807) is 20.8 Å². The molecular weight excluding hydrogens is 307 g/mol. The third kappa shape index (κ3) is 4.06. The van der Waals surface area contributed by atoms with Crippen molar-refractivity contribution in [2.75, 3.05) is 5.32 Å². The predicted octanol–water partition coefficient (Wildman–Crippen LogP) is 4.33. The van der Waals surface area contributed by atoms with Gasteiger partial charge in [-0.05, 0) is 47.9 Å². The first-order valence-corrected chi connectivity index (χ1v) is 5.84. The lowest BCUT2D eigenvalue weighted by Crippen LogP contribution is -2.27. The molecule has 98 valence electrons. The molecule has 0 aromatic heterocycles. The molecule has 0 bridgehead atoms. The van der Waals surface area contributed by atoms with E-state index in [0.29, 0.717) is 4.47 Å². The molecule has 0 fully saturated rings. The van der Waals surface area contributed by atoms with Crippen LogP contribution in [0.2, 0.25) is 0 Å². The number of nitrogens with one attached hydrogen (secondary N) is 1. The van der Waals surface area contributed by atoms with Crippen molar-refractivity contribution in [3.63, 3.8) is 0 Å². The van der Waals surface area contributed by atoms with E-state index in [1.165, 1.54) is 6.07 Å². The zero-order valence-corrected chi connectivity index (χ0v) is 11.7. The van der Waals surface area contributed by atoms with E-state index in [0.717, 1.165) is 6.07 Å². The number of halogens is 2. The Morgan fingerprint density at radius 3 is 2.56 bits per heavy atom. The fourth-order valence-corrected chi connectivity index (χ4v) is 1.55. The largest absolute Gasteiger partial charge is 0.444 e. The Kier molecular flexibility index (Phi) is 4.39. The number of carbonyl (C=O) groups excluding carboxylic acids is 1. The van der Waals surface area contributed by atoms with Crippen molar-refractivity contribution < 1.29 is 13.9 Å². The lowest BCUT2D eigenvalue weighted by Gasteiger charge is -2.20. The molecule has 7 heteroatoms. The molecule has 1 amide bonds. The number of anilines is 1. The number of nitrogens with zero attached hydrogens (tertiary/aromatic N) is 1. The van der Waals surface area contributed by atoms with E-state index in [-0.39, 0.29) is 11.4 Å². The third-order valence-corrected chi connectivity index (χ3v) is 2.43. The minimum atomic E-state index is -0.820. The summed E-state index contributed by atoms with van der Waals surface area (Å²) < 4.78 is 18.7. The maximum absolute atomic E-state index is 13.3. The first-order valence-electron chi connectivity index (χ1n) is 5.05. The van der Waals surface area contributed by atoms with Gasteiger partial charge in [-0.2, -0.15) is 0 Å². The van der Waals surface area contributed by atoms with Crippen LogP contribution in [0.1, 0.15) is 20.8 Å². The van der Waals surface area contributed by atoms with Gasteiger partial charge in [0.15, 0.2) is 5.82 Å². The maximum Gasteiger partial charge on any atom is 0.412 e. The molecule has 1 aromatic rings. The van der Waals surface area contributed by atoms with Crippen LogP contribution >= 0.6 is 15.9 Å². The minimum absolute atomic E-state index is 0.161. The number of ether oxygens (including phenoxy) is 1. The number of rotatable bonds is 2. The summed E-state index contributed by atoms with van der Waals surface area (Å²) in [5, 5.41) is 4.88. The summed E-state index contributed by atoms with van der Waals surface area (Å²) in [5.74, 6) is -0.820. The van der Waals surface area contributed by atoms with Gasteiger partial charge in [0.05, 0.1) is 5.69 Å². The number of amides is 1. The van der Waals surface area contributed by atoms with Crippen LogP contribution in [0.15, 0.2) is 21.8 Å². The Labute approximate surface area is 112 Å². The summed E-state index contributed by atoms with van der Waals surface area (Å²) >= 11 is 3.09. The second-order valence-corrected chi connectivity index (χ2v) is 5.36. The van der Waals surface area contributed by atoms with Gasteiger partial charge in [-0.3, -0.25) is 5.32 Å². The average molecular weight is 319 g/mol.